The summed E-state index contributed by atoms with van der Waals surface area (Å²) < 4.78 is 18.0. The minimum atomic E-state index is -0.407. The van der Waals surface area contributed by atoms with Gasteiger partial charge in [-0.15, -0.1) is 11.3 Å². The average molecular weight is 394 g/mol. The van der Waals surface area contributed by atoms with Crippen LogP contribution in [0.2, 0.25) is 0 Å². The van der Waals surface area contributed by atoms with Gasteiger partial charge in [0.25, 0.3) is 0 Å². The van der Waals surface area contributed by atoms with Gasteiger partial charge in [-0.25, -0.2) is 14.2 Å². The number of hydrogen-bond donors (Lipinski definition) is 0. The van der Waals surface area contributed by atoms with Crippen molar-refractivity contribution in [3.05, 3.63) is 77.1 Å². The number of benzene rings is 2. The minimum absolute atomic E-state index is 0.189. The summed E-state index contributed by atoms with van der Waals surface area (Å²) in [5.41, 5.74) is 2.58. The van der Waals surface area contributed by atoms with Crippen molar-refractivity contribution in [3.8, 4) is 10.6 Å². The highest BCUT2D eigenvalue weighted by molar-refractivity contribution is 7.13. The molecule has 2 aromatic carbocycles. The Morgan fingerprint density at radius 1 is 1.21 bits per heavy atom. The maximum Gasteiger partial charge on any atom is 0.414 e. The topological polar surface area (TPSA) is 59.5 Å². The van der Waals surface area contributed by atoms with Crippen LogP contribution in [-0.4, -0.2) is 30.0 Å². The number of carbonyl (C=O) groups is 2. The Morgan fingerprint density at radius 3 is 2.79 bits per heavy atom. The highest BCUT2D eigenvalue weighted by Crippen LogP contribution is 2.25. The zero-order valence-corrected chi connectivity index (χ0v) is 15.5. The third-order valence-corrected chi connectivity index (χ3v) is 5.13. The molecular formula is C21H15FN2O3S. The predicted molar refractivity (Wildman–Crippen MR) is 106 cm³/mol. The quantitative estimate of drug-likeness (QED) is 0.461. The first-order chi connectivity index (χ1) is 13.6. The van der Waals surface area contributed by atoms with Crippen LogP contribution >= 0.6 is 11.3 Å². The van der Waals surface area contributed by atoms with E-state index < -0.39 is 6.09 Å². The first-order valence-electron chi connectivity index (χ1n) is 8.58. The molecule has 1 aromatic heterocycles. The summed E-state index contributed by atoms with van der Waals surface area (Å²) in [4.78, 5) is 30.1. The molecule has 1 amide bonds. The van der Waals surface area contributed by atoms with Crippen molar-refractivity contribution in [3.63, 3.8) is 0 Å². The molecule has 0 aliphatic carbocycles. The molecule has 0 unspecified atom stereocenters. The number of carbonyl (C=O) groups excluding carboxylic acids is 2. The second-order valence-electron chi connectivity index (χ2n) is 6.10. The highest BCUT2D eigenvalue weighted by Gasteiger charge is 2.23. The van der Waals surface area contributed by atoms with Crippen LogP contribution in [0, 0.1) is 5.82 Å². The normalized spacial score (nSPS) is 13.9. The number of aromatic nitrogens is 1. The van der Waals surface area contributed by atoms with Crippen molar-refractivity contribution in [2.75, 3.05) is 18.1 Å². The lowest BCUT2D eigenvalue weighted by atomic mass is 10.1. The number of allylic oxidation sites excluding steroid dienone is 1. The first kappa shape index (κ1) is 18.1. The molecule has 0 radical (unpaired) electrons. The summed E-state index contributed by atoms with van der Waals surface area (Å²) in [6, 6.07) is 13.0. The van der Waals surface area contributed by atoms with Crippen LogP contribution in [0.15, 0.2) is 60.0 Å². The fourth-order valence-electron chi connectivity index (χ4n) is 2.80. The lowest BCUT2D eigenvalue weighted by molar-refractivity contribution is 0.104. The van der Waals surface area contributed by atoms with Crippen LogP contribution in [0.25, 0.3) is 16.6 Å². The van der Waals surface area contributed by atoms with Crippen LogP contribution in [0.3, 0.4) is 0 Å². The number of cyclic esters (lactones) is 1. The molecule has 1 saturated heterocycles. The molecule has 7 heteroatoms. The van der Waals surface area contributed by atoms with Gasteiger partial charge in [0.2, 0.25) is 0 Å². The van der Waals surface area contributed by atoms with E-state index in [1.165, 1.54) is 34.4 Å². The summed E-state index contributed by atoms with van der Waals surface area (Å²) in [6.45, 7) is 0.814. The molecule has 2 heterocycles. The van der Waals surface area contributed by atoms with Gasteiger partial charge in [-0.3, -0.25) is 9.69 Å². The van der Waals surface area contributed by atoms with Gasteiger partial charge in [-0.2, -0.15) is 0 Å². The van der Waals surface area contributed by atoms with Crippen molar-refractivity contribution < 1.29 is 18.7 Å². The molecule has 0 saturated carbocycles. The van der Waals surface area contributed by atoms with E-state index in [4.69, 9.17) is 4.74 Å². The molecule has 0 N–H and O–H groups in total. The maximum atomic E-state index is 13.0. The van der Waals surface area contributed by atoms with E-state index in [-0.39, 0.29) is 11.6 Å². The lowest BCUT2D eigenvalue weighted by Gasteiger charge is -2.13. The monoisotopic (exact) mass is 394 g/mol. The Morgan fingerprint density at radius 2 is 2.04 bits per heavy atom. The van der Waals surface area contributed by atoms with Gasteiger partial charge in [-0.05, 0) is 48.6 Å². The van der Waals surface area contributed by atoms with E-state index in [1.54, 1.807) is 42.5 Å². The average Bonchev–Trinajstić information content (AvgIpc) is 3.36. The Hall–Kier alpha value is -3.32. The van der Waals surface area contributed by atoms with Crippen LogP contribution in [0.5, 0.6) is 0 Å². The lowest BCUT2D eigenvalue weighted by Crippen LogP contribution is -2.23. The van der Waals surface area contributed by atoms with E-state index in [9.17, 15) is 14.0 Å². The molecule has 0 atom stereocenters. The largest absolute Gasteiger partial charge is 0.447 e. The van der Waals surface area contributed by atoms with Gasteiger partial charge < -0.3 is 4.74 Å². The first-order valence-corrected chi connectivity index (χ1v) is 9.46. The fourth-order valence-corrected chi connectivity index (χ4v) is 3.59. The van der Waals surface area contributed by atoms with Crippen molar-refractivity contribution in [1.29, 1.82) is 0 Å². The summed E-state index contributed by atoms with van der Waals surface area (Å²) in [5, 5.41) is 2.58. The minimum Gasteiger partial charge on any atom is -0.447 e. The maximum absolute atomic E-state index is 13.0. The van der Waals surface area contributed by atoms with Crippen LogP contribution in [-0.2, 0) is 4.74 Å². The Labute approximate surface area is 164 Å². The number of amides is 1. The Bertz CT molecular complexity index is 1060. The SMILES string of the molecule is O=C(/C=C/c1csc(-c2ccc(F)cc2)n1)c1cccc(N2CCOC2=O)c1. The second-order valence-corrected chi connectivity index (χ2v) is 6.96. The van der Waals surface area contributed by atoms with Crippen molar-refractivity contribution in [1.82, 2.24) is 4.98 Å². The number of hydrogen-bond acceptors (Lipinski definition) is 5. The van der Waals surface area contributed by atoms with Gasteiger partial charge in [0.1, 0.15) is 17.4 Å². The standard InChI is InChI=1S/C21H15FN2O3S/c22-16-6-4-14(5-7-16)20-23-17(13-28-20)8-9-19(25)15-2-1-3-18(12-15)24-10-11-27-21(24)26/h1-9,12-13H,10-11H2/b9-8+. The van der Waals surface area contributed by atoms with Crippen molar-refractivity contribution >= 4 is 35.0 Å². The molecule has 3 aromatic rings. The molecule has 140 valence electrons. The smallest absolute Gasteiger partial charge is 0.414 e. The number of thiazole rings is 1. The van der Waals surface area contributed by atoms with Crippen molar-refractivity contribution in [2.45, 2.75) is 0 Å². The van der Waals surface area contributed by atoms with Gasteiger partial charge >= 0.3 is 6.09 Å². The molecule has 4 rings (SSSR count). The fraction of sp³-hybridized carbons (Fsp3) is 0.0952. The van der Waals surface area contributed by atoms with Crippen molar-refractivity contribution in [2.24, 2.45) is 0 Å². The number of ether oxygens (including phenoxy) is 1. The zero-order valence-electron chi connectivity index (χ0n) is 14.7. The number of rotatable bonds is 5. The van der Waals surface area contributed by atoms with Gasteiger partial charge in [-0.1, -0.05) is 12.1 Å². The molecule has 1 fully saturated rings. The molecule has 5 nitrogen and oxygen atoms in total. The van der Waals surface area contributed by atoms with Crippen LogP contribution in [0.1, 0.15) is 16.1 Å². The molecular weight excluding hydrogens is 379 g/mol. The Balaban J connectivity index is 1.49. The van der Waals surface area contributed by atoms with E-state index in [0.29, 0.717) is 30.1 Å². The highest BCUT2D eigenvalue weighted by atomic mass is 32.1. The molecule has 0 bridgehead atoms. The van der Waals surface area contributed by atoms with Crippen LogP contribution in [0.4, 0.5) is 14.9 Å². The molecule has 0 spiro atoms. The molecule has 28 heavy (non-hydrogen) atoms. The third kappa shape index (κ3) is 3.84. The van der Waals surface area contributed by atoms with E-state index in [0.717, 1.165) is 10.6 Å². The third-order valence-electron chi connectivity index (χ3n) is 4.22. The summed E-state index contributed by atoms with van der Waals surface area (Å²) in [6.07, 6.45) is 2.68. The number of ketones is 1. The number of halogens is 1. The number of anilines is 1. The predicted octanol–water partition coefficient (Wildman–Crippen LogP) is 4.80. The van der Waals surface area contributed by atoms with E-state index in [2.05, 4.69) is 4.98 Å². The zero-order chi connectivity index (χ0) is 19.5. The van der Waals surface area contributed by atoms with Gasteiger partial charge in [0, 0.05) is 22.2 Å². The number of nitrogens with zero attached hydrogens (tertiary/aromatic N) is 2. The van der Waals surface area contributed by atoms with Crippen LogP contribution < -0.4 is 4.90 Å². The molecule has 1 aliphatic heterocycles. The van der Waals surface area contributed by atoms with E-state index >= 15 is 0 Å². The van der Waals surface area contributed by atoms with Gasteiger partial charge in [0.05, 0.1) is 12.2 Å². The van der Waals surface area contributed by atoms with E-state index in [1.807, 2.05) is 5.38 Å². The Kier molecular flexibility index (Phi) is 4.99. The van der Waals surface area contributed by atoms with Gasteiger partial charge in [0.15, 0.2) is 5.78 Å². The molecule has 1 aliphatic rings. The summed E-state index contributed by atoms with van der Waals surface area (Å²) in [7, 11) is 0. The summed E-state index contributed by atoms with van der Waals surface area (Å²) in [5.74, 6) is -0.485. The summed E-state index contributed by atoms with van der Waals surface area (Å²) >= 11 is 1.42. The second kappa shape index (κ2) is 7.74.